The third-order valence-corrected chi connectivity index (χ3v) is 2.12. The Morgan fingerprint density at radius 3 is 2.42 bits per heavy atom. The van der Waals surface area contributed by atoms with Crippen molar-refractivity contribution < 1.29 is 23.7 Å². The molecule has 2 aliphatic rings. The van der Waals surface area contributed by atoms with Gasteiger partial charge in [-0.2, -0.15) is 0 Å². The highest BCUT2D eigenvalue weighted by Gasteiger charge is 2.60. The van der Waals surface area contributed by atoms with Crippen molar-refractivity contribution in [3.05, 3.63) is 11.6 Å². The standard InChI is InChI=1S/C7H8F2O3/c8-7(9)2-4(7)3-1-5(10)12-6(3)11/h1,4-6,10-11H,2H2. The van der Waals surface area contributed by atoms with Gasteiger partial charge in [-0.05, 0) is 11.6 Å². The molecule has 2 rings (SSSR count). The van der Waals surface area contributed by atoms with Gasteiger partial charge in [0.05, 0.1) is 5.92 Å². The Morgan fingerprint density at radius 2 is 2.08 bits per heavy atom. The molecule has 3 atom stereocenters. The van der Waals surface area contributed by atoms with Crippen LogP contribution >= 0.6 is 0 Å². The lowest BCUT2D eigenvalue weighted by Gasteiger charge is -2.06. The van der Waals surface area contributed by atoms with Gasteiger partial charge in [0.25, 0.3) is 5.92 Å². The van der Waals surface area contributed by atoms with Crippen LogP contribution in [0.2, 0.25) is 0 Å². The van der Waals surface area contributed by atoms with Crippen molar-refractivity contribution in [2.75, 3.05) is 0 Å². The summed E-state index contributed by atoms with van der Waals surface area (Å²) < 4.78 is 29.4. The first-order valence-corrected chi connectivity index (χ1v) is 3.62. The van der Waals surface area contributed by atoms with Gasteiger partial charge in [0.15, 0.2) is 12.6 Å². The van der Waals surface area contributed by atoms with Crippen LogP contribution in [0.25, 0.3) is 0 Å². The van der Waals surface area contributed by atoms with Gasteiger partial charge in [-0.3, -0.25) is 0 Å². The van der Waals surface area contributed by atoms with E-state index in [4.69, 9.17) is 10.2 Å². The van der Waals surface area contributed by atoms with E-state index in [0.717, 1.165) is 6.08 Å². The fourth-order valence-electron chi connectivity index (χ4n) is 1.36. The summed E-state index contributed by atoms with van der Waals surface area (Å²) in [5.74, 6) is -3.66. The highest BCUT2D eigenvalue weighted by atomic mass is 19.3. The van der Waals surface area contributed by atoms with Crippen LogP contribution in [0.5, 0.6) is 0 Å². The molecule has 68 valence electrons. The van der Waals surface area contributed by atoms with Crippen molar-refractivity contribution in [2.45, 2.75) is 24.9 Å². The van der Waals surface area contributed by atoms with Crippen LogP contribution in [0.1, 0.15) is 6.42 Å². The molecular weight excluding hydrogens is 170 g/mol. The molecule has 0 bridgehead atoms. The Labute approximate surface area is 67.3 Å². The Kier molecular flexibility index (Phi) is 1.51. The molecule has 1 saturated carbocycles. The number of halogens is 2. The Bertz CT molecular complexity index is 239. The van der Waals surface area contributed by atoms with E-state index in [2.05, 4.69) is 4.74 Å². The summed E-state index contributed by atoms with van der Waals surface area (Å²) in [4.78, 5) is 0. The second-order valence-electron chi connectivity index (χ2n) is 3.06. The van der Waals surface area contributed by atoms with E-state index in [-0.39, 0.29) is 12.0 Å². The van der Waals surface area contributed by atoms with Crippen LogP contribution in [0.4, 0.5) is 8.78 Å². The van der Waals surface area contributed by atoms with Crippen molar-refractivity contribution in [2.24, 2.45) is 5.92 Å². The minimum atomic E-state index is -2.72. The number of aliphatic hydroxyl groups is 2. The van der Waals surface area contributed by atoms with Gasteiger partial charge in [0, 0.05) is 6.42 Å². The Balaban J connectivity index is 2.10. The molecular formula is C7H8F2O3. The van der Waals surface area contributed by atoms with Crippen molar-refractivity contribution >= 4 is 0 Å². The molecule has 0 aromatic heterocycles. The molecule has 5 heteroatoms. The number of ether oxygens (including phenoxy) is 1. The topological polar surface area (TPSA) is 49.7 Å². The fourth-order valence-corrected chi connectivity index (χ4v) is 1.36. The maximum atomic E-state index is 12.5. The SMILES string of the molecule is OC1C=C(C2CC2(F)F)C(O)O1. The van der Waals surface area contributed by atoms with Crippen molar-refractivity contribution in [1.82, 2.24) is 0 Å². The first-order valence-electron chi connectivity index (χ1n) is 3.62. The van der Waals surface area contributed by atoms with E-state index in [9.17, 15) is 8.78 Å². The zero-order chi connectivity index (χ0) is 8.93. The molecule has 1 aliphatic heterocycles. The summed E-state index contributed by atoms with van der Waals surface area (Å²) >= 11 is 0. The Morgan fingerprint density at radius 1 is 1.50 bits per heavy atom. The summed E-state index contributed by atoms with van der Waals surface area (Å²) in [5, 5.41) is 17.8. The van der Waals surface area contributed by atoms with E-state index in [1.165, 1.54) is 0 Å². The highest BCUT2D eigenvalue weighted by molar-refractivity contribution is 5.25. The first kappa shape index (κ1) is 8.10. The predicted octanol–water partition coefficient (Wildman–Crippen LogP) is 0.235. The molecule has 12 heavy (non-hydrogen) atoms. The molecule has 3 nitrogen and oxygen atoms in total. The highest BCUT2D eigenvalue weighted by Crippen LogP contribution is 2.54. The molecule has 1 heterocycles. The molecule has 0 aromatic carbocycles. The second-order valence-corrected chi connectivity index (χ2v) is 3.06. The van der Waals surface area contributed by atoms with Crippen LogP contribution < -0.4 is 0 Å². The maximum Gasteiger partial charge on any atom is 0.255 e. The molecule has 0 spiro atoms. The molecule has 1 aliphatic carbocycles. The molecule has 2 N–H and O–H groups in total. The van der Waals surface area contributed by atoms with Crippen LogP contribution in [-0.4, -0.2) is 28.7 Å². The normalized spacial score (nSPS) is 44.3. The third kappa shape index (κ3) is 1.14. The molecule has 1 fully saturated rings. The zero-order valence-corrected chi connectivity index (χ0v) is 6.08. The van der Waals surface area contributed by atoms with E-state index < -0.39 is 24.4 Å². The lowest BCUT2D eigenvalue weighted by molar-refractivity contribution is -0.152. The van der Waals surface area contributed by atoms with Crippen molar-refractivity contribution in [1.29, 1.82) is 0 Å². The lowest BCUT2D eigenvalue weighted by Crippen LogP contribution is -2.14. The van der Waals surface area contributed by atoms with E-state index in [1.54, 1.807) is 0 Å². The number of hydrogen-bond donors (Lipinski definition) is 2. The maximum absolute atomic E-state index is 12.5. The van der Waals surface area contributed by atoms with Gasteiger partial charge in [-0.15, -0.1) is 0 Å². The molecule has 0 radical (unpaired) electrons. The Hall–Kier alpha value is -0.520. The molecule has 0 amide bonds. The number of alkyl halides is 2. The largest absolute Gasteiger partial charge is 0.365 e. The molecule has 0 aromatic rings. The third-order valence-electron chi connectivity index (χ3n) is 2.12. The second kappa shape index (κ2) is 2.25. The summed E-state index contributed by atoms with van der Waals surface area (Å²) in [6, 6.07) is 0. The summed E-state index contributed by atoms with van der Waals surface area (Å²) in [6.07, 6.45) is -1.73. The average Bonchev–Trinajstić information content (AvgIpc) is 2.40. The van der Waals surface area contributed by atoms with Crippen LogP contribution in [0.3, 0.4) is 0 Å². The van der Waals surface area contributed by atoms with E-state index in [1.807, 2.05) is 0 Å². The predicted molar refractivity (Wildman–Crippen MR) is 34.2 cm³/mol. The van der Waals surface area contributed by atoms with Gasteiger partial charge in [0.2, 0.25) is 0 Å². The fraction of sp³-hybridized carbons (Fsp3) is 0.714. The number of rotatable bonds is 1. The lowest BCUT2D eigenvalue weighted by atomic mass is 10.1. The zero-order valence-electron chi connectivity index (χ0n) is 6.08. The number of hydrogen-bond acceptors (Lipinski definition) is 3. The van der Waals surface area contributed by atoms with Gasteiger partial charge in [-0.25, -0.2) is 8.78 Å². The summed E-state index contributed by atoms with van der Waals surface area (Å²) in [5.41, 5.74) is 0.104. The minimum Gasteiger partial charge on any atom is -0.365 e. The van der Waals surface area contributed by atoms with Crippen molar-refractivity contribution in [3.63, 3.8) is 0 Å². The van der Waals surface area contributed by atoms with Crippen LogP contribution in [0, 0.1) is 5.92 Å². The molecule has 3 unspecified atom stereocenters. The van der Waals surface area contributed by atoms with Crippen LogP contribution in [-0.2, 0) is 4.74 Å². The first-order chi connectivity index (χ1) is 5.50. The minimum absolute atomic E-state index is 0.104. The van der Waals surface area contributed by atoms with Gasteiger partial charge in [0.1, 0.15) is 0 Å². The van der Waals surface area contributed by atoms with E-state index >= 15 is 0 Å². The van der Waals surface area contributed by atoms with E-state index in [0.29, 0.717) is 0 Å². The molecule has 0 saturated heterocycles. The van der Waals surface area contributed by atoms with Crippen LogP contribution in [0.15, 0.2) is 11.6 Å². The average molecular weight is 178 g/mol. The van der Waals surface area contributed by atoms with Gasteiger partial charge < -0.3 is 14.9 Å². The van der Waals surface area contributed by atoms with Gasteiger partial charge >= 0.3 is 0 Å². The van der Waals surface area contributed by atoms with Crippen molar-refractivity contribution in [3.8, 4) is 0 Å². The smallest absolute Gasteiger partial charge is 0.255 e. The quantitative estimate of drug-likeness (QED) is 0.565. The monoisotopic (exact) mass is 178 g/mol. The summed E-state index contributed by atoms with van der Waals surface area (Å²) in [7, 11) is 0. The van der Waals surface area contributed by atoms with Gasteiger partial charge in [-0.1, -0.05) is 0 Å². The number of aliphatic hydroxyl groups excluding tert-OH is 2. The summed E-state index contributed by atoms with van der Waals surface area (Å²) in [6.45, 7) is 0.